The molecule has 0 radical (unpaired) electrons. The van der Waals surface area contributed by atoms with Gasteiger partial charge in [0, 0.05) is 0 Å². The molecule has 0 heterocycles. The van der Waals surface area contributed by atoms with Crippen molar-refractivity contribution in [3.05, 3.63) is 27.8 Å². The standard InChI is InChI=1S/C5H4I/c6-5-3-1-2-4-5/h1-4H/q-1. The molecule has 0 aromatic heterocycles. The first kappa shape index (κ1) is 4.24. The van der Waals surface area contributed by atoms with E-state index in [4.69, 9.17) is 0 Å². The predicted octanol–water partition coefficient (Wildman–Crippen LogP) is 2.01. The molecule has 0 aliphatic heterocycles. The molecule has 0 aliphatic rings. The molecule has 1 aromatic rings. The summed E-state index contributed by atoms with van der Waals surface area (Å²) in [6.45, 7) is 0. The average molecular weight is 191 g/mol. The fourth-order valence-electron chi connectivity index (χ4n) is 0.351. The van der Waals surface area contributed by atoms with Crippen LogP contribution in [0.2, 0.25) is 0 Å². The molecular weight excluding hydrogens is 187 g/mol. The molecule has 0 bridgehead atoms. The Balaban J connectivity index is 3.05. The van der Waals surface area contributed by atoms with Crippen molar-refractivity contribution in [1.29, 1.82) is 0 Å². The van der Waals surface area contributed by atoms with Gasteiger partial charge < -0.3 is 0 Å². The SMILES string of the molecule is Ic1cc[cH-]c1. The van der Waals surface area contributed by atoms with E-state index in [1.807, 2.05) is 12.1 Å². The van der Waals surface area contributed by atoms with Gasteiger partial charge in [0.25, 0.3) is 0 Å². The van der Waals surface area contributed by atoms with Gasteiger partial charge in [0.1, 0.15) is 0 Å². The highest BCUT2D eigenvalue weighted by atomic mass is 127. The Kier molecular flexibility index (Phi) is 1.19. The molecule has 0 fully saturated rings. The van der Waals surface area contributed by atoms with Crippen molar-refractivity contribution in [2.75, 3.05) is 0 Å². The van der Waals surface area contributed by atoms with E-state index in [9.17, 15) is 0 Å². The second-order valence-electron chi connectivity index (χ2n) is 1.10. The van der Waals surface area contributed by atoms with Gasteiger partial charge in [-0.15, -0.1) is 26.2 Å². The van der Waals surface area contributed by atoms with Gasteiger partial charge in [0.2, 0.25) is 0 Å². The van der Waals surface area contributed by atoms with Crippen LogP contribution in [0.3, 0.4) is 0 Å². The van der Waals surface area contributed by atoms with Crippen molar-refractivity contribution in [1.82, 2.24) is 0 Å². The highest BCUT2D eigenvalue weighted by molar-refractivity contribution is 14.1. The molecule has 1 heteroatoms. The van der Waals surface area contributed by atoms with Crippen LogP contribution in [0.1, 0.15) is 0 Å². The van der Waals surface area contributed by atoms with Crippen LogP contribution in [0, 0.1) is 3.57 Å². The Labute approximate surface area is 50.7 Å². The summed E-state index contributed by atoms with van der Waals surface area (Å²) in [5.41, 5.74) is 0. The van der Waals surface area contributed by atoms with Gasteiger partial charge in [0.05, 0.1) is 0 Å². The van der Waals surface area contributed by atoms with Crippen LogP contribution in [-0.4, -0.2) is 0 Å². The summed E-state index contributed by atoms with van der Waals surface area (Å²) < 4.78 is 1.31. The van der Waals surface area contributed by atoms with Gasteiger partial charge >= 0.3 is 0 Å². The highest BCUT2D eigenvalue weighted by Crippen LogP contribution is 2.01. The molecule has 0 aliphatic carbocycles. The average Bonchev–Trinajstić information content (AvgIpc) is 1.86. The van der Waals surface area contributed by atoms with E-state index in [0.29, 0.717) is 0 Å². The summed E-state index contributed by atoms with van der Waals surface area (Å²) in [4.78, 5) is 0. The van der Waals surface area contributed by atoms with Crippen LogP contribution < -0.4 is 0 Å². The van der Waals surface area contributed by atoms with Crippen molar-refractivity contribution in [3.63, 3.8) is 0 Å². The van der Waals surface area contributed by atoms with Crippen molar-refractivity contribution in [2.24, 2.45) is 0 Å². The van der Waals surface area contributed by atoms with Crippen LogP contribution in [0.15, 0.2) is 24.3 Å². The maximum absolute atomic E-state index is 2.28. The predicted molar refractivity (Wildman–Crippen MR) is 34.8 cm³/mol. The van der Waals surface area contributed by atoms with Crippen molar-refractivity contribution in [3.8, 4) is 0 Å². The number of halogens is 1. The largest absolute Gasteiger partial charge is 0.201 e. The Morgan fingerprint density at radius 3 is 2.67 bits per heavy atom. The van der Waals surface area contributed by atoms with Gasteiger partial charge in [-0.1, -0.05) is 0 Å². The van der Waals surface area contributed by atoms with Gasteiger partial charge in [-0.25, -0.2) is 6.07 Å². The fourth-order valence-corrected chi connectivity index (χ4v) is 0.766. The number of rotatable bonds is 0. The summed E-state index contributed by atoms with van der Waals surface area (Å²) >= 11 is 2.28. The Morgan fingerprint density at radius 2 is 2.50 bits per heavy atom. The molecule has 0 N–H and O–H groups in total. The molecule has 0 spiro atoms. The maximum Gasteiger partial charge on any atom is -0.138 e. The van der Waals surface area contributed by atoms with E-state index in [1.165, 1.54) is 3.57 Å². The number of hydrogen-bond donors (Lipinski definition) is 0. The van der Waals surface area contributed by atoms with Crippen molar-refractivity contribution >= 4 is 22.6 Å². The first-order chi connectivity index (χ1) is 2.89. The summed E-state index contributed by atoms with van der Waals surface area (Å²) in [5, 5.41) is 0. The van der Waals surface area contributed by atoms with E-state index in [1.54, 1.807) is 0 Å². The molecule has 1 aromatic carbocycles. The van der Waals surface area contributed by atoms with Crippen LogP contribution >= 0.6 is 22.6 Å². The van der Waals surface area contributed by atoms with Gasteiger partial charge in [-0.2, -0.15) is 18.2 Å². The highest BCUT2D eigenvalue weighted by Gasteiger charge is 1.62. The van der Waals surface area contributed by atoms with Gasteiger partial charge in [-0.3, -0.25) is 0 Å². The quantitative estimate of drug-likeness (QED) is 0.434. The smallest absolute Gasteiger partial charge is 0.138 e. The Bertz CT molecular complexity index is 107. The third-order valence-corrected chi connectivity index (χ3v) is 1.34. The Hall–Kier alpha value is 0.0800. The van der Waals surface area contributed by atoms with E-state index in [0.717, 1.165) is 0 Å². The molecular formula is C5H4I-. The zero-order valence-electron chi connectivity index (χ0n) is 3.19. The normalized spacial score (nSPS) is 8.83. The zero-order valence-corrected chi connectivity index (χ0v) is 5.34. The summed E-state index contributed by atoms with van der Waals surface area (Å²) in [5.74, 6) is 0. The van der Waals surface area contributed by atoms with Gasteiger partial charge in [0.15, 0.2) is 0 Å². The lowest BCUT2D eigenvalue weighted by Crippen LogP contribution is -1.44. The van der Waals surface area contributed by atoms with Crippen LogP contribution in [0.25, 0.3) is 0 Å². The molecule has 0 unspecified atom stereocenters. The lowest BCUT2D eigenvalue weighted by molar-refractivity contribution is 1.89. The molecule has 0 nitrogen and oxygen atoms in total. The molecule has 0 saturated heterocycles. The van der Waals surface area contributed by atoms with Crippen LogP contribution in [0.5, 0.6) is 0 Å². The maximum atomic E-state index is 2.28. The molecule has 0 saturated carbocycles. The first-order valence-electron chi connectivity index (χ1n) is 1.77. The summed E-state index contributed by atoms with van der Waals surface area (Å²) in [7, 11) is 0. The minimum absolute atomic E-state index is 1.31. The molecule has 6 heavy (non-hydrogen) atoms. The lowest BCUT2D eigenvalue weighted by Gasteiger charge is -1.77. The first-order valence-corrected chi connectivity index (χ1v) is 2.85. The second-order valence-corrected chi connectivity index (χ2v) is 2.35. The lowest BCUT2D eigenvalue weighted by atomic mass is 10.7. The molecule has 1 rings (SSSR count). The third kappa shape index (κ3) is 0.772. The molecule has 0 amide bonds. The topological polar surface area (TPSA) is 0 Å². The number of hydrogen-bond acceptors (Lipinski definition) is 0. The van der Waals surface area contributed by atoms with E-state index in [2.05, 4.69) is 34.7 Å². The minimum atomic E-state index is 1.31. The van der Waals surface area contributed by atoms with Crippen LogP contribution in [0.4, 0.5) is 0 Å². The van der Waals surface area contributed by atoms with Gasteiger partial charge in [-0.05, 0) is 0 Å². The van der Waals surface area contributed by atoms with E-state index >= 15 is 0 Å². The minimum Gasteiger partial charge on any atom is -0.201 e. The molecule has 32 valence electrons. The zero-order chi connectivity index (χ0) is 4.41. The van der Waals surface area contributed by atoms with Crippen LogP contribution in [-0.2, 0) is 0 Å². The summed E-state index contributed by atoms with van der Waals surface area (Å²) in [6, 6.07) is 8.20. The van der Waals surface area contributed by atoms with E-state index in [-0.39, 0.29) is 0 Å². The second kappa shape index (κ2) is 1.69. The third-order valence-electron chi connectivity index (χ3n) is 0.622. The van der Waals surface area contributed by atoms with Crippen molar-refractivity contribution in [2.45, 2.75) is 0 Å². The molecule has 0 atom stereocenters. The fraction of sp³-hybridized carbons (Fsp3) is 0. The summed E-state index contributed by atoms with van der Waals surface area (Å²) in [6.07, 6.45) is 0. The Morgan fingerprint density at radius 1 is 1.67 bits per heavy atom. The van der Waals surface area contributed by atoms with Crippen molar-refractivity contribution < 1.29 is 0 Å². The van der Waals surface area contributed by atoms with E-state index < -0.39 is 0 Å². The monoisotopic (exact) mass is 191 g/mol.